The first-order valence-corrected chi connectivity index (χ1v) is 12.3. The third-order valence-corrected chi connectivity index (χ3v) is 6.42. The summed E-state index contributed by atoms with van der Waals surface area (Å²) in [7, 11) is 0. The van der Waals surface area contributed by atoms with E-state index in [1.54, 1.807) is 18.3 Å². The van der Waals surface area contributed by atoms with Crippen molar-refractivity contribution in [2.45, 2.75) is 20.1 Å². The number of carbonyl (C=O) groups is 1. The van der Waals surface area contributed by atoms with Crippen LogP contribution < -0.4 is 10.1 Å². The number of aryl methyl sites for hydroxylation is 1. The molecule has 0 unspecified atom stereocenters. The second-order valence-corrected chi connectivity index (χ2v) is 9.26. The van der Waals surface area contributed by atoms with E-state index in [2.05, 4.69) is 27.3 Å². The number of amides is 1. The minimum Gasteiger partial charge on any atom is -0.487 e. The molecular weight excluding hydrogens is 430 g/mol. The van der Waals surface area contributed by atoms with E-state index in [1.807, 2.05) is 67.2 Å². The number of hydrogen-bond donors (Lipinski definition) is 1. The fourth-order valence-electron chi connectivity index (χ4n) is 3.64. The Labute approximate surface area is 199 Å². The van der Waals surface area contributed by atoms with Gasteiger partial charge in [0.25, 0.3) is 0 Å². The number of benzene rings is 2. The molecule has 3 aromatic rings. The Morgan fingerprint density at radius 3 is 2.67 bits per heavy atom. The summed E-state index contributed by atoms with van der Waals surface area (Å²) in [5.74, 6) is 3.04. The van der Waals surface area contributed by atoms with Gasteiger partial charge in [-0.1, -0.05) is 30.3 Å². The average molecular weight is 460 g/mol. The van der Waals surface area contributed by atoms with Crippen LogP contribution in [0.1, 0.15) is 22.4 Å². The first kappa shape index (κ1) is 23.1. The lowest BCUT2D eigenvalue weighted by Gasteiger charge is -2.26. The van der Waals surface area contributed by atoms with E-state index in [0.717, 1.165) is 47.9 Å². The summed E-state index contributed by atoms with van der Waals surface area (Å²) in [6.07, 6.45) is 5.11. The van der Waals surface area contributed by atoms with Crippen molar-refractivity contribution >= 4 is 29.4 Å². The summed E-state index contributed by atoms with van der Waals surface area (Å²) >= 11 is 2.02. The van der Waals surface area contributed by atoms with Gasteiger partial charge in [-0.05, 0) is 60.0 Å². The summed E-state index contributed by atoms with van der Waals surface area (Å²) in [6.45, 7) is 5.72. The lowest BCUT2D eigenvalue weighted by molar-refractivity contribution is -0.111. The number of thioether (sulfide) groups is 1. The van der Waals surface area contributed by atoms with E-state index in [-0.39, 0.29) is 5.91 Å². The van der Waals surface area contributed by atoms with Gasteiger partial charge in [0.2, 0.25) is 5.91 Å². The molecule has 1 aromatic heterocycles. The predicted octanol–water partition coefficient (Wildman–Crippen LogP) is 5.17. The van der Waals surface area contributed by atoms with Crippen molar-refractivity contribution in [1.29, 1.82) is 0 Å². The Morgan fingerprint density at radius 2 is 1.94 bits per heavy atom. The SMILES string of the molecule is Cc1cc(CN2CCSCC2)ccc1NC(=O)/C=C/c1ccc(OCc2ccccn2)cc1. The van der Waals surface area contributed by atoms with Crippen molar-refractivity contribution in [3.8, 4) is 5.75 Å². The Kier molecular flexibility index (Phi) is 8.17. The van der Waals surface area contributed by atoms with E-state index in [1.165, 1.54) is 17.1 Å². The van der Waals surface area contributed by atoms with Crippen molar-refractivity contribution in [2.75, 3.05) is 29.9 Å². The molecule has 2 aromatic carbocycles. The Morgan fingerprint density at radius 1 is 1.12 bits per heavy atom. The monoisotopic (exact) mass is 459 g/mol. The molecule has 0 saturated carbocycles. The zero-order chi connectivity index (χ0) is 22.9. The molecule has 2 heterocycles. The van der Waals surface area contributed by atoms with Gasteiger partial charge in [-0.2, -0.15) is 11.8 Å². The Bertz CT molecular complexity index is 1080. The molecule has 1 N–H and O–H groups in total. The smallest absolute Gasteiger partial charge is 0.248 e. The van der Waals surface area contributed by atoms with Crippen molar-refractivity contribution < 1.29 is 9.53 Å². The fraction of sp³-hybridized carbons (Fsp3) is 0.259. The molecule has 4 rings (SSSR count). The van der Waals surface area contributed by atoms with Gasteiger partial charge >= 0.3 is 0 Å². The van der Waals surface area contributed by atoms with Crippen molar-refractivity contribution in [3.05, 3.63) is 95.3 Å². The zero-order valence-corrected chi connectivity index (χ0v) is 19.7. The molecule has 1 saturated heterocycles. The normalized spacial score (nSPS) is 14.3. The van der Waals surface area contributed by atoms with Crippen LogP contribution in [0.5, 0.6) is 5.75 Å². The van der Waals surface area contributed by atoms with Gasteiger partial charge in [0.15, 0.2) is 0 Å². The maximum absolute atomic E-state index is 12.4. The minimum atomic E-state index is -0.144. The summed E-state index contributed by atoms with van der Waals surface area (Å²) in [6, 6.07) is 19.7. The van der Waals surface area contributed by atoms with Gasteiger partial charge in [-0.3, -0.25) is 14.7 Å². The maximum atomic E-state index is 12.4. The van der Waals surface area contributed by atoms with E-state index in [9.17, 15) is 4.79 Å². The molecule has 0 atom stereocenters. The van der Waals surface area contributed by atoms with Gasteiger partial charge in [0, 0.05) is 49.1 Å². The quantitative estimate of drug-likeness (QED) is 0.471. The van der Waals surface area contributed by atoms with E-state index >= 15 is 0 Å². The molecule has 5 nitrogen and oxygen atoms in total. The third kappa shape index (κ3) is 7.20. The molecule has 6 heteroatoms. The largest absolute Gasteiger partial charge is 0.487 e. The number of nitrogens with one attached hydrogen (secondary N) is 1. The molecule has 0 spiro atoms. The molecular formula is C27H29N3O2S. The number of pyridine rings is 1. The van der Waals surface area contributed by atoms with Crippen LogP contribution in [0.15, 0.2) is 72.9 Å². The molecule has 1 aliphatic heterocycles. The minimum absolute atomic E-state index is 0.144. The van der Waals surface area contributed by atoms with Crippen molar-refractivity contribution in [3.63, 3.8) is 0 Å². The number of ether oxygens (including phenoxy) is 1. The van der Waals surface area contributed by atoms with Crippen LogP contribution >= 0.6 is 11.8 Å². The number of nitrogens with zero attached hydrogens (tertiary/aromatic N) is 2. The van der Waals surface area contributed by atoms with E-state index in [0.29, 0.717) is 6.61 Å². The second-order valence-electron chi connectivity index (χ2n) is 8.04. The molecule has 0 radical (unpaired) electrons. The first-order chi connectivity index (χ1) is 16.2. The summed E-state index contributed by atoms with van der Waals surface area (Å²) in [4.78, 5) is 19.2. The van der Waals surface area contributed by atoms with E-state index in [4.69, 9.17) is 4.74 Å². The highest BCUT2D eigenvalue weighted by Crippen LogP contribution is 2.20. The molecule has 1 fully saturated rings. The highest BCUT2D eigenvalue weighted by atomic mass is 32.2. The Hall–Kier alpha value is -3.09. The number of rotatable bonds is 8. The van der Waals surface area contributed by atoms with Crippen LogP contribution in [0, 0.1) is 6.92 Å². The third-order valence-electron chi connectivity index (χ3n) is 5.48. The zero-order valence-electron chi connectivity index (χ0n) is 18.9. The average Bonchev–Trinajstić information content (AvgIpc) is 2.85. The van der Waals surface area contributed by atoms with Gasteiger partial charge < -0.3 is 10.1 Å². The highest BCUT2D eigenvalue weighted by molar-refractivity contribution is 7.99. The molecule has 1 aliphatic rings. The molecule has 0 bridgehead atoms. The summed E-state index contributed by atoms with van der Waals surface area (Å²) < 4.78 is 5.75. The summed E-state index contributed by atoms with van der Waals surface area (Å²) in [5, 5.41) is 2.99. The highest BCUT2D eigenvalue weighted by Gasteiger charge is 2.11. The number of anilines is 1. The number of carbonyl (C=O) groups excluding carboxylic acids is 1. The van der Waals surface area contributed by atoms with Crippen LogP contribution in [-0.2, 0) is 17.9 Å². The predicted molar refractivity (Wildman–Crippen MR) is 136 cm³/mol. The van der Waals surface area contributed by atoms with Gasteiger partial charge in [-0.15, -0.1) is 0 Å². The van der Waals surface area contributed by atoms with Crippen LogP contribution in [0.25, 0.3) is 6.08 Å². The fourth-order valence-corrected chi connectivity index (χ4v) is 4.62. The number of hydrogen-bond acceptors (Lipinski definition) is 5. The molecule has 33 heavy (non-hydrogen) atoms. The topological polar surface area (TPSA) is 54.5 Å². The standard InChI is InChI=1S/C27H29N3O2S/c1-21-18-23(19-30-14-16-33-17-15-30)7-11-26(21)29-27(31)12-8-22-5-9-25(10-6-22)32-20-24-4-2-3-13-28-24/h2-13,18H,14-17,19-20H2,1H3,(H,29,31)/b12-8+. The van der Waals surface area contributed by atoms with Gasteiger partial charge in [0.1, 0.15) is 12.4 Å². The molecule has 1 amide bonds. The van der Waals surface area contributed by atoms with Crippen LogP contribution in [-0.4, -0.2) is 40.4 Å². The Balaban J connectivity index is 1.27. The lowest BCUT2D eigenvalue weighted by atomic mass is 10.1. The van der Waals surface area contributed by atoms with Crippen LogP contribution in [0.3, 0.4) is 0 Å². The van der Waals surface area contributed by atoms with Crippen LogP contribution in [0.2, 0.25) is 0 Å². The molecule has 0 aliphatic carbocycles. The van der Waals surface area contributed by atoms with Crippen LogP contribution in [0.4, 0.5) is 5.69 Å². The lowest BCUT2D eigenvalue weighted by Crippen LogP contribution is -2.31. The maximum Gasteiger partial charge on any atom is 0.248 e. The summed E-state index contributed by atoms with van der Waals surface area (Å²) in [5.41, 5.74) is 5.03. The van der Waals surface area contributed by atoms with Crippen molar-refractivity contribution in [1.82, 2.24) is 9.88 Å². The van der Waals surface area contributed by atoms with E-state index < -0.39 is 0 Å². The first-order valence-electron chi connectivity index (χ1n) is 11.2. The second kappa shape index (κ2) is 11.7. The van der Waals surface area contributed by atoms with Gasteiger partial charge in [-0.25, -0.2) is 0 Å². The number of aromatic nitrogens is 1. The van der Waals surface area contributed by atoms with Crippen molar-refractivity contribution in [2.24, 2.45) is 0 Å². The molecule has 170 valence electrons. The van der Waals surface area contributed by atoms with Gasteiger partial charge in [0.05, 0.1) is 5.69 Å².